The first-order valence-electron chi connectivity index (χ1n) is 6.56. The number of aryl methyl sites for hydroxylation is 1. The minimum Gasteiger partial charge on any atom is -0.481 e. The highest BCUT2D eigenvalue weighted by Crippen LogP contribution is 2.31. The monoisotopic (exact) mass is 247 g/mol. The van der Waals surface area contributed by atoms with Crippen LogP contribution < -0.4 is 0 Å². The summed E-state index contributed by atoms with van der Waals surface area (Å²) in [5, 5.41) is 9.52. The molecule has 0 saturated carbocycles. The van der Waals surface area contributed by atoms with E-state index in [-0.39, 0.29) is 11.8 Å². The largest absolute Gasteiger partial charge is 0.481 e. The Balaban J connectivity index is 2.22. The number of hydrogen-bond donors (Lipinski definition) is 1. The van der Waals surface area contributed by atoms with E-state index in [0.717, 1.165) is 31.5 Å². The number of carboxylic acid groups (broad SMARTS) is 1. The van der Waals surface area contributed by atoms with Crippen LogP contribution in [-0.2, 0) is 4.79 Å². The molecule has 1 aromatic rings. The summed E-state index contributed by atoms with van der Waals surface area (Å²) >= 11 is 0. The van der Waals surface area contributed by atoms with Gasteiger partial charge in [0.25, 0.3) is 0 Å². The molecule has 0 amide bonds. The average molecular weight is 247 g/mol. The van der Waals surface area contributed by atoms with Crippen molar-refractivity contribution in [1.29, 1.82) is 0 Å². The van der Waals surface area contributed by atoms with Gasteiger partial charge in [-0.2, -0.15) is 0 Å². The van der Waals surface area contributed by atoms with Crippen LogP contribution >= 0.6 is 0 Å². The van der Waals surface area contributed by atoms with Gasteiger partial charge >= 0.3 is 5.97 Å². The summed E-state index contributed by atoms with van der Waals surface area (Å²) in [6.45, 7) is 3.98. The first kappa shape index (κ1) is 13.1. The lowest BCUT2D eigenvalue weighted by atomic mass is 9.81. The van der Waals surface area contributed by atoms with Crippen molar-refractivity contribution >= 4 is 5.97 Å². The summed E-state index contributed by atoms with van der Waals surface area (Å²) in [6, 6.07) is 7.92. The molecule has 3 heteroatoms. The highest BCUT2D eigenvalue weighted by atomic mass is 16.4. The van der Waals surface area contributed by atoms with Gasteiger partial charge < -0.3 is 10.0 Å². The fourth-order valence-corrected chi connectivity index (χ4v) is 2.87. The Hall–Kier alpha value is -1.35. The van der Waals surface area contributed by atoms with Gasteiger partial charge in [0.15, 0.2) is 0 Å². The molecule has 1 aliphatic heterocycles. The van der Waals surface area contributed by atoms with Gasteiger partial charge in [-0.05, 0) is 44.8 Å². The van der Waals surface area contributed by atoms with E-state index in [9.17, 15) is 9.90 Å². The highest BCUT2D eigenvalue weighted by molar-refractivity contribution is 5.76. The van der Waals surface area contributed by atoms with Crippen molar-refractivity contribution < 1.29 is 9.90 Å². The summed E-state index contributed by atoms with van der Waals surface area (Å²) in [5.41, 5.74) is 2.11. The number of carbonyl (C=O) groups is 1. The summed E-state index contributed by atoms with van der Waals surface area (Å²) in [5.74, 6) is -0.837. The number of carboxylic acids is 1. The Labute approximate surface area is 108 Å². The second kappa shape index (κ2) is 5.53. The third kappa shape index (κ3) is 2.91. The molecule has 0 spiro atoms. The predicted octanol–water partition coefficient (Wildman–Crippen LogP) is 2.51. The fourth-order valence-electron chi connectivity index (χ4n) is 2.87. The van der Waals surface area contributed by atoms with Crippen molar-refractivity contribution in [3.8, 4) is 0 Å². The zero-order valence-electron chi connectivity index (χ0n) is 11.1. The Bertz CT molecular complexity index is 413. The van der Waals surface area contributed by atoms with Gasteiger partial charge in [-0.3, -0.25) is 4.79 Å². The molecule has 98 valence electrons. The van der Waals surface area contributed by atoms with E-state index < -0.39 is 5.97 Å². The number of likely N-dealkylation sites (tertiary alicyclic amines) is 1. The third-order valence-corrected chi connectivity index (χ3v) is 3.83. The molecule has 1 heterocycles. The van der Waals surface area contributed by atoms with Crippen LogP contribution in [0.15, 0.2) is 24.3 Å². The summed E-state index contributed by atoms with van der Waals surface area (Å²) in [6.07, 6.45) is 2.10. The van der Waals surface area contributed by atoms with E-state index in [1.807, 2.05) is 31.2 Å². The lowest BCUT2D eigenvalue weighted by Gasteiger charge is -2.33. The molecule has 0 bridgehead atoms. The zero-order valence-corrected chi connectivity index (χ0v) is 11.1. The van der Waals surface area contributed by atoms with Crippen molar-refractivity contribution in [3.63, 3.8) is 0 Å². The summed E-state index contributed by atoms with van der Waals surface area (Å²) in [4.78, 5) is 13.8. The van der Waals surface area contributed by atoms with Gasteiger partial charge in [-0.15, -0.1) is 0 Å². The molecule has 1 saturated heterocycles. The lowest BCUT2D eigenvalue weighted by Crippen LogP contribution is -2.37. The standard InChI is InChI=1S/C15H21NO2/c1-11-5-7-12(8-6-11)14(15(17)18)13-4-3-9-16(2)10-13/h5-8,13-14H,3-4,9-10H2,1-2H3,(H,17,18). The number of rotatable bonds is 3. The van der Waals surface area contributed by atoms with Gasteiger partial charge in [0.1, 0.15) is 0 Å². The number of piperidine rings is 1. The maximum absolute atomic E-state index is 11.6. The van der Waals surface area contributed by atoms with Crippen molar-refractivity contribution in [2.45, 2.75) is 25.7 Å². The zero-order chi connectivity index (χ0) is 13.1. The van der Waals surface area contributed by atoms with Crippen molar-refractivity contribution in [2.75, 3.05) is 20.1 Å². The minimum absolute atomic E-state index is 0.226. The second-order valence-electron chi connectivity index (χ2n) is 5.39. The molecule has 18 heavy (non-hydrogen) atoms. The third-order valence-electron chi connectivity index (χ3n) is 3.83. The van der Waals surface area contributed by atoms with Crippen LogP contribution in [0.25, 0.3) is 0 Å². The van der Waals surface area contributed by atoms with Crippen LogP contribution in [0.2, 0.25) is 0 Å². The maximum atomic E-state index is 11.6. The van der Waals surface area contributed by atoms with Crippen molar-refractivity contribution in [2.24, 2.45) is 5.92 Å². The van der Waals surface area contributed by atoms with Crippen LogP contribution in [0, 0.1) is 12.8 Å². The van der Waals surface area contributed by atoms with Gasteiger partial charge in [0, 0.05) is 6.54 Å². The molecular weight excluding hydrogens is 226 g/mol. The average Bonchev–Trinajstić information content (AvgIpc) is 2.32. The van der Waals surface area contributed by atoms with Gasteiger partial charge in [0.2, 0.25) is 0 Å². The smallest absolute Gasteiger partial charge is 0.311 e. The van der Waals surface area contributed by atoms with Gasteiger partial charge in [-0.1, -0.05) is 29.8 Å². The second-order valence-corrected chi connectivity index (χ2v) is 5.39. The molecule has 0 aliphatic carbocycles. The van der Waals surface area contributed by atoms with E-state index in [0.29, 0.717) is 0 Å². The first-order valence-corrected chi connectivity index (χ1v) is 6.56. The van der Waals surface area contributed by atoms with Crippen LogP contribution in [-0.4, -0.2) is 36.1 Å². The van der Waals surface area contributed by atoms with Gasteiger partial charge in [0.05, 0.1) is 5.92 Å². The highest BCUT2D eigenvalue weighted by Gasteiger charge is 2.32. The quantitative estimate of drug-likeness (QED) is 0.892. The van der Waals surface area contributed by atoms with E-state index >= 15 is 0 Å². The molecule has 3 nitrogen and oxygen atoms in total. The minimum atomic E-state index is -0.695. The molecule has 1 N–H and O–H groups in total. The number of nitrogens with zero attached hydrogens (tertiary/aromatic N) is 1. The topological polar surface area (TPSA) is 40.5 Å². The van der Waals surface area contributed by atoms with E-state index in [1.165, 1.54) is 5.56 Å². The summed E-state index contributed by atoms with van der Waals surface area (Å²) in [7, 11) is 2.07. The molecule has 1 aliphatic rings. The Morgan fingerprint density at radius 1 is 1.39 bits per heavy atom. The van der Waals surface area contributed by atoms with E-state index in [2.05, 4.69) is 11.9 Å². The van der Waals surface area contributed by atoms with Crippen LogP contribution in [0.4, 0.5) is 0 Å². The Morgan fingerprint density at radius 2 is 2.06 bits per heavy atom. The van der Waals surface area contributed by atoms with Crippen LogP contribution in [0.3, 0.4) is 0 Å². The molecule has 2 rings (SSSR count). The van der Waals surface area contributed by atoms with Gasteiger partial charge in [-0.25, -0.2) is 0 Å². The number of hydrogen-bond acceptors (Lipinski definition) is 2. The molecule has 2 atom stereocenters. The molecule has 2 unspecified atom stereocenters. The maximum Gasteiger partial charge on any atom is 0.311 e. The molecule has 1 aromatic carbocycles. The molecule has 0 radical (unpaired) electrons. The molecule has 1 fully saturated rings. The Kier molecular flexibility index (Phi) is 4.02. The molecule has 0 aromatic heterocycles. The lowest BCUT2D eigenvalue weighted by molar-refractivity contribution is -0.140. The summed E-state index contributed by atoms with van der Waals surface area (Å²) < 4.78 is 0. The van der Waals surface area contributed by atoms with Crippen molar-refractivity contribution in [3.05, 3.63) is 35.4 Å². The molecular formula is C15H21NO2. The predicted molar refractivity (Wildman–Crippen MR) is 71.8 cm³/mol. The van der Waals surface area contributed by atoms with Crippen molar-refractivity contribution in [1.82, 2.24) is 4.90 Å². The SMILES string of the molecule is Cc1ccc(C(C(=O)O)C2CCCN(C)C2)cc1. The first-order chi connectivity index (χ1) is 8.58. The Morgan fingerprint density at radius 3 is 2.61 bits per heavy atom. The van der Waals surface area contributed by atoms with Crippen LogP contribution in [0.1, 0.15) is 29.9 Å². The number of aliphatic carboxylic acids is 1. The number of benzene rings is 1. The van der Waals surface area contributed by atoms with Crippen LogP contribution in [0.5, 0.6) is 0 Å². The fraction of sp³-hybridized carbons (Fsp3) is 0.533. The van der Waals surface area contributed by atoms with E-state index in [4.69, 9.17) is 0 Å². The van der Waals surface area contributed by atoms with E-state index in [1.54, 1.807) is 0 Å². The normalized spacial score (nSPS) is 22.7.